The summed E-state index contributed by atoms with van der Waals surface area (Å²) in [6.45, 7) is -1.70. The molecule has 0 aliphatic carbocycles. The summed E-state index contributed by atoms with van der Waals surface area (Å²) in [7, 11) is -4.35. The van der Waals surface area contributed by atoms with Gasteiger partial charge in [0.25, 0.3) is 5.91 Å². The third-order valence-electron chi connectivity index (χ3n) is 2.88. The maximum absolute atomic E-state index is 12.1. The van der Waals surface area contributed by atoms with Crippen LogP contribution in [0.5, 0.6) is 0 Å². The molecule has 0 saturated heterocycles. The van der Waals surface area contributed by atoms with E-state index in [0.29, 0.717) is 11.3 Å². The van der Waals surface area contributed by atoms with Crippen molar-refractivity contribution in [2.24, 2.45) is 0 Å². The number of carbonyl (C=O) groups excluding carboxylic acids is 1. The van der Waals surface area contributed by atoms with Gasteiger partial charge in [0.1, 0.15) is 6.54 Å². The van der Waals surface area contributed by atoms with Crippen LogP contribution in [0.25, 0.3) is 0 Å². The van der Waals surface area contributed by atoms with Gasteiger partial charge in [-0.3, -0.25) is 14.9 Å². The molecule has 2 aromatic rings. The number of alkyl halides is 3. The van der Waals surface area contributed by atoms with E-state index in [1.807, 2.05) is 0 Å². The second kappa shape index (κ2) is 7.39. The van der Waals surface area contributed by atoms with Gasteiger partial charge in [-0.05, 0) is 30.3 Å². The Labute approximate surface area is 148 Å². The number of halogens is 3. The molecule has 1 aromatic heterocycles. The van der Waals surface area contributed by atoms with E-state index >= 15 is 0 Å². The Hall–Kier alpha value is -2.51. The third-order valence-corrected chi connectivity index (χ3v) is 5.33. The van der Waals surface area contributed by atoms with Crippen LogP contribution in [0.15, 0.2) is 41.3 Å². The molecule has 0 atom stereocenters. The maximum atomic E-state index is 12.1. The van der Waals surface area contributed by atoms with Crippen molar-refractivity contribution < 1.29 is 31.3 Å². The predicted molar refractivity (Wildman–Crippen MR) is 86.6 cm³/mol. The van der Waals surface area contributed by atoms with Crippen molar-refractivity contribution in [1.29, 1.82) is 0 Å². The van der Waals surface area contributed by atoms with Crippen LogP contribution in [0.3, 0.4) is 0 Å². The topological polar surface area (TPSA) is 118 Å². The Kier molecular flexibility index (Phi) is 5.63. The predicted octanol–water partition coefficient (Wildman–Crippen LogP) is 2.75. The SMILES string of the molecule is O=C(Nc1ccc(S(=O)(=O)NCC(F)(F)F)cc1)c1ccc([N+](=O)[O-])s1. The number of carbonyl (C=O) groups is 1. The normalized spacial score (nSPS) is 12.0. The van der Waals surface area contributed by atoms with E-state index < -0.39 is 38.5 Å². The highest BCUT2D eigenvalue weighted by Crippen LogP contribution is 2.25. The van der Waals surface area contributed by atoms with Crippen LogP contribution in [0.4, 0.5) is 23.9 Å². The van der Waals surface area contributed by atoms with Gasteiger partial charge >= 0.3 is 11.2 Å². The number of benzene rings is 1. The first kappa shape index (κ1) is 19.8. The molecule has 1 heterocycles. The molecule has 0 unspecified atom stereocenters. The molecule has 140 valence electrons. The first-order chi connectivity index (χ1) is 12.0. The average Bonchev–Trinajstić information content (AvgIpc) is 3.03. The quantitative estimate of drug-likeness (QED) is 0.562. The van der Waals surface area contributed by atoms with E-state index in [1.54, 1.807) is 0 Å². The molecule has 1 aromatic carbocycles. The van der Waals surface area contributed by atoms with Gasteiger partial charge in [0.15, 0.2) is 0 Å². The van der Waals surface area contributed by atoms with Crippen LogP contribution in [0, 0.1) is 10.1 Å². The van der Waals surface area contributed by atoms with E-state index in [-0.39, 0.29) is 15.6 Å². The second-order valence-electron chi connectivity index (χ2n) is 4.81. The van der Waals surface area contributed by atoms with Gasteiger partial charge in [-0.2, -0.15) is 13.2 Å². The van der Waals surface area contributed by atoms with Gasteiger partial charge in [0, 0.05) is 11.8 Å². The Balaban J connectivity index is 2.06. The monoisotopic (exact) mass is 409 g/mol. The fourth-order valence-electron chi connectivity index (χ4n) is 1.72. The lowest BCUT2D eigenvalue weighted by Crippen LogP contribution is -2.33. The Morgan fingerprint density at radius 2 is 1.77 bits per heavy atom. The lowest BCUT2D eigenvalue weighted by atomic mass is 10.3. The molecule has 0 saturated carbocycles. The zero-order chi connectivity index (χ0) is 19.5. The van der Waals surface area contributed by atoms with Crippen LogP contribution >= 0.6 is 11.3 Å². The summed E-state index contributed by atoms with van der Waals surface area (Å²) in [6, 6.07) is 6.83. The molecule has 13 heteroatoms. The molecule has 0 spiro atoms. The second-order valence-corrected chi connectivity index (χ2v) is 7.64. The number of nitrogens with zero attached hydrogens (tertiary/aromatic N) is 1. The van der Waals surface area contributed by atoms with Crippen LogP contribution in [-0.2, 0) is 10.0 Å². The molecule has 8 nitrogen and oxygen atoms in total. The summed E-state index contributed by atoms with van der Waals surface area (Å²) < 4.78 is 61.2. The van der Waals surface area contributed by atoms with E-state index in [4.69, 9.17) is 0 Å². The number of hydrogen-bond donors (Lipinski definition) is 2. The van der Waals surface area contributed by atoms with Gasteiger partial charge in [0.05, 0.1) is 14.7 Å². The summed E-state index contributed by atoms with van der Waals surface area (Å²) in [4.78, 5) is 21.6. The summed E-state index contributed by atoms with van der Waals surface area (Å²) in [5.74, 6) is -0.645. The number of sulfonamides is 1. The minimum absolute atomic E-state index is 0.0697. The molecular weight excluding hydrogens is 399 g/mol. The minimum Gasteiger partial charge on any atom is -0.321 e. The van der Waals surface area contributed by atoms with Crippen LogP contribution < -0.4 is 10.0 Å². The van der Waals surface area contributed by atoms with Crippen LogP contribution in [-0.4, -0.2) is 32.0 Å². The van der Waals surface area contributed by atoms with Gasteiger partial charge in [-0.25, -0.2) is 13.1 Å². The van der Waals surface area contributed by atoms with E-state index in [0.717, 1.165) is 12.1 Å². The number of thiophene rings is 1. The van der Waals surface area contributed by atoms with Gasteiger partial charge < -0.3 is 5.32 Å². The molecule has 2 N–H and O–H groups in total. The lowest BCUT2D eigenvalue weighted by molar-refractivity contribution is -0.380. The van der Waals surface area contributed by atoms with Crippen molar-refractivity contribution in [2.45, 2.75) is 11.1 Å². The van der Waals surface area contributed by atoms with E-state index in [1.165, 1.54) is 29.0 Å². The molecule has 1 amide bonds. The molecule has 0 fully saturated rings. The van der Waals surface area contributed by atoms with Crippen LogP contribution in [0.1, 0.15) is 9.67 Å². The molecule has 0 aliphatic rings. The summed E-state index contributed by atoms with van der Waals surface area (Å²) >= 11 is 0.661. The number of hydrogen-bond acceptors (Lipinski definition) is 6. The van der Waals surface area contributed by atoms with Crippen molar-refractivity contribution in [1.82, 2.24) is 4.72 Å². The van der Waals surface area contributed by atoms with Crippen molar-refractivity contribution >= 4 is 38.0 Å². The first-order valence-corrected chi connectivity index (χ1v) is 9.00. The highest BCUT2D eigenvalue weighted by atomic mass is 32.2. The minimum atomic E-state index is -4.69. The molecular formula is C13H10F3N3O5S2. The standard InChI is InChI=1S/C13H10F3N3O5S2/c14-13(15,16)7-17-26(23,24)9-3-1-8(2-4-9)18-12(20)10-5-6-11(25-10)19(21)22/h1-6,17H,7H2,(H,18,20). The zero-order valence-electron chi connectivity index (χ0n) is 12.6. The van der Waals surface area contributed by atoms with Gasteiger partial charge in [0.2, 0.25) is 10.0 Å². The largest absolute Gasteiger partial charge is 0.402 e. The molecule has 26 heavy (non-hydrogen) atoms. The van der Waals surface area contributed by atoms with Crippen molar-refractivity contribution in [3.63, 3.8) is 0 Å². The maximum Gasteiger partial charge on any atom is 0.402 e. The van der Waals surface area contributed by atoms with E-state index in [9.17, 15) is 36.5 Å². The molecule has 0 bridgehead atoms. The Morgan fingerprint density at radius 3 is 2.27 bits per heavy atom. The summed E-state index contributed by atoms with van der Waals surface area (Å²) in [5.41, 5.74) is 0.167. The number of nitro groups is 1. The average molecular weight is 409 g/mol. The summed E-state index contributed by atoms with van der Waals surface area (Å²) in [6.07, 6.45) is -4.69. The number of anilines is 1. The number of amides is 1. The summed E-state index contributed by atoms with van der Waals surface area (Å²) in [5, 5.41) is 12.8. The fraction of sp³-hybridized carbons (Fsp3) is 0.154. The highest BCUT2D eigenvalue weighted by molar-refractivity contribution is 7.89. The van der Waals surface area contributed by atoms with Gasteiger partial charge in [-0.15, -0.1) is 0 Å². The van der Waals surface area contributed by atoms with Gasteiger partial charge in [-0.1, -0.05) is 11.3 Å². The van der Waals surface area contributed by atoms with E-state index in [2.05, 4.69) is 5.32 Å². The van der Waals surface area contributed by atoms with Crippen LogP contribution in [0.2, 0.25) is 0 Å². The molecule has 0 aliphatic heterocycles. The molecule has 0 radical (unpaired) electrons. The van der Waals surface area contributed by atoms with Crippen molar-refractivity contribution in [3.05, 3.63) is 51.4 Å². The third kappa shape index (κ3) is 5.24. The zero-order valence-corrected chi connectivity index (χ0v) is 14.2. The smallest absolute Gasteiger partial charge is 0.321 e. The Bertz CT molecular complexity index is 923. The lowest BCUT2D eigenvalue weighted by Gasteiger charge is -2.10. The number of nitrogens with one attached hydrogen (secondary N) is 2. The van der Waals surface area contributed by atoms with Crippen molar-refractivity contribution in [3.8, 4) is 0 Å². The number of rotatable bonds is 6. The fourth-order valence-corrected chi connectivity index (χ4v) is 3.45. The Morgan fingerprint density at radius 1 is 1.15 bits per heavy atom. The highest BCUT2D eigenvalue weighted by Gasteiger charge is 2.30. The molecule has 2 rings (SSSR count). The first-order valence-electron chi connectivity index (χ1n) is 6.70. The van der Waals surface area contributed by atoms with Crippen molar-refractivity contribution in [2.75, 3.05) is 11.9 Å².